The Morgan fingerprint density at radius 2 is 1.78 bits per heavy atom. The Hall–Kier alpha value is -3.04. The minimum absolute atomic E-state index is 0.0914. The van der Waals surface area contributed by atoms with E-state index in [4.69, 9.17) is 9.15 Å². The highest BCUT2D eigenvalue weighted by Gasteiger charge is 2.28. The van der Waals surface area contributed by atoms with E-state index in [1.807, 2.05) is 30.3 Å². The maximum absolute atomic E-state index is 13.0. The van der Waals surface area contributed by atoms with Crippen molar-refractivity contribution < 1.29 is 22.4 Å². The van der Waals surface area contributed by atoms with Crippen molar-refractivity contribution in [2.45, 2.75) is 44.1 Å². The number of rotatable bonds is 6. The van der Waals surface area contributed by atoms with Crippen LogP contribution in [0.4, 0.5) is 0 Å². The summed E-state index contributed by atoms with van der Waals surface area (Å²) in [4.78, 5) is 13.0. The van der Waals surface area contributed by atoms with E-state index in [9.17, 15) is 13.2 Å². The van der Waals surface area contributed by atoms with E-state index in [0.29, 0.717) is 24.5 Å². The Labute approximate surface area is 187 Å². The fourth-order valence-electron chi connectivity index (χ4n) is 3.61. The molecule has 32 heavy (non-hydrogen) atoms. The van der Waals surface area contributed by atoms with Crippen LogP contribution in [0.1, 0.15) is 54.1 Å². The molecule has 0 amide bonds. The largest absolute Gasteiger partial charge is 0.449 e. The molecule has 9 heteroatoms. The zero-order chi connectivity index (χ0) is 22.7. The fraction of sp³-hybridized carbons (Fsp3) is 0.348. The first-order valence-electron chi connectivity index (χ1n) is 10.6. The van der Waals surface area contributed by atoms with E-state index in [-0.39, 0.29) is 16.3 Å². The van der Waals surface area contributed by atoms with Crippen LogP contribution in [0.3, 0.4) is 0 Å². The molecule has 1 aromatic heterocycles. The van der Waals surface area contributed by atoms with Crippen molar-refractivity contribution in [1.82, 2.24) is 14.5 Å². The van der Waals surface area contributed by atoms with E-state index in [2.05, 4.69) is 10.2 Å². The Bertz CT molecular complexity index is 1200. The summed E-state index contributed by atoms with van der Waals surface area (Å²) >= 11 is 0. The minimum atomic E-state index is -3.66. The van der Waals surface area contributed by atoms with Gasteiger partial charge in [0.25, 0.3) is 5.89 Å². The number of esters is 1. The number of carbonyl (C=O) groups excluding carboxylic acids is 1. The van der Waals surface area contributed by atoms with Gasteiger partial charge >= 0.3 is 5.97 Å². The molecule has 168 valence electrons. The van der Waals surface area contributed by atoms with Crippen LogP contribution in [-0.4, -0.2) is 42.0 Å². The second-order valence-electron chi connectivity index (χ2n) is 7.80. The Morgan fingerprint density at radius 3 is 2.50 bits per heavy atom. The Kier molecular flexibility index (Phi) is 6.38. The zero-order valence-electron chi connectivity index (χ0n) is 18.0. The highest BCUT2D eigenvalue weighted by Crippen LogP contribution is 2.26. The van der Waals surface area contributed by atoms with Gasteiger partial charge in [0.1, 0.15) is 0 Å². The highest BCUT2D eigenvalue weighted by atomic mass is 32.2. The molecule has 1 fully saturated rings. The topological polar surface area (TPSA) is 103 Å². The summed E-state index contributed by atoms with van der Waals surface area (Å²) in [5, 5.41) is 7.99. The van der Waals surface area contributed by atoms with Gasteiger partial charge in [-0.1, -0.05) is 30.7 Å². The van der Waals surface area contributed by atoms with E-state index >= 15 is 0 Å². The number of nitrogens with zero attached hydrogens (tertiary/aromatic N) is 3. The molecule has 1 atom stereocenters. The van der Waals surface area contributed by atoms with Gasteiger partial charge < -0.3 is 9.15 Å². The number of benzene rings is 2. The number of aryl methyl sites for hydroxylation is 1. The van der Waals surface area contributed by atoms with Crippen LogP contribution in [0.5, 0.6) is 0 Å². The first kappa shape index (κ1) is 22.2. The van der Waals surface area contributed by atoms with Crippen molar-refractivity contribution in [3.63, 3.8) is 0 Å². The highest BCUT2D eigenvalue weighted by molar-refractivity contribution is 7.89. The van der Waals surface area contributed by atoms with Crippen molar-refractivity contribution in [1.29, 1.82) is 0 Å². The average molecular weight is 456 g/mol. The summed E-state index contributed by atoms with van der Waals surface area (Å²) in [5.74, 6) is -0.161. The molecule has 1 aliphatic rings. The second-order valence-corrected chi connectivity index (χ2v) is 9.74. The van der Waals surface area contributed by atoms with Gasteiger partial charge in [-0.15, -0.1) is 10.2 Å². The second kappa shape index (κ2) is 9.22. The van der Waals surface area contributed by atoms with Gasteiger partial charge in [-0.3, -0.25) is 0 Å². The van der Waals surface area contributed by atoms with Gasteiger partial charge in [-0.25, -0.2) is 13.2 Å². The molecule has 0 N–H and O–H groups in total. The molecule has 2 aromatic carbocycles. The quantitative estimate of drug-likeness (QED) is 0.515. The molecule has 2 heterocycles. The third kappa shape index (κ3) is 4.58. The number of ether oxygens (including phenoxy) is 1. The van der Waals surface area contributed by atoms with Gasteiger partial charge in [0.05, 0.1) is 10.5 Å². The average Bonchev–Trinajstić information content (AvgIpc) is 3.31. The number of carbonyl (C=O) groups is 1. The lowest BCUT2D eigenvalue weighted by atomic mass is 10.1. The molecular weight excluding hydrogens is 430 g/mol. The van der Waals surface area contributed by atoms with Crippen LogP contribution in [-0.2, 0) is 14.8 Å². The summed E-state index contributed by atoms with van der Waals surface area (Å²) in [6.07, 6.45) is 1.91. The lowest BCUT2D eigenvalue weighted by molar-refractivity contribution is 0.0278. The van der Waals surface area contributed by atoms with Gasteiger partial charge in [-0.2, -0.15) is 4.31 Å². The van der Waals surface area contributed by atoms with Crippen LogP contribution in [0.2, 0.25) is 0 Å². The van der Waals surface area contributed by atoms with Crippen LogP contribution < -0.4 is 0 Å². The summed E-state index contributed by atoms with van der Waals surface area (Å²) < 4.78 is 38.6. The van der Waals surface area contributed by atoms with Gasteiger partial charge in [0, 0.05) is 18.7 Å². The van der Waals surface area contributed by atoms with E-state index < -0.39 is 22.1 Å². The van der Waals surface area contributed by atoms with Gasteiger partial charge in [-0.05, 0) is 56.5 Å². The van der Waals surface area contributed by atoms with E-state index in [0.717, 1.165) is 24.8 Å². The molecule has 1 saturated heterocycles. The summed E-state index contributed by atoms with van der Waals surface area (Å²) in [6.45, 7) is 4.35. The maximum atomic E-state index is 13.0. The molecule has 0 bridgehead atoms. The lowest BCUT2D eigenvalue weighted by Crippen LogP contribution is -2.35. The number of piperidine rings is 1. The molecule has 0 aliphatic carbocycles. The van der Waals surface area contributed by atoms with Crippen molar-refractivity contribution in [2.24, 2.45) is 0 Å². The summed E-state index contributed by atoms with van der Waals surface area (Å²) in [5.41, 5.74) is 1.57. The van der Waals surface area contributed by atoms with Crippen LogP contribution in [0.15, 0.2) is 57.8 Å². The Morgan fingerprint density at radius 1 is 1.06 bits per heavy atom. The fourth-order valence-corrected chi connectivity index (χ4v) is 5.15. The van der Waals surface area contributed by atoms with E-state index in [1.54, 1.807) is 19.9 Å². The number of aromatic nitrogens is 2. The predicted molar refractivity (Wildman–Crippen MR) is 117 cm³/mol. The first-order chi connectivity index (χ1) is 15.4. The molecular formula is C23H25N3O5S. The third-order valence-corrected chi connectivity index (χ3v) is 7.37. The Balaban J connectivity index is 1.52. The van der Waals surface area contributed by atoms with Crippen molar-refractivity contribution in [3.8, 4) is 11.5 Å². The summed E-state index contributed by atoms with van der Waals surface area (Å²) in [6, 6.07) is 13.8. The zero-order valence-corrected chi connectivity index (χ0v) is 18.8. The first-order valence-corrected chi connectivity index (χ1v) is 12.0. The lowest BCUT2D eigenvalue weighted by Gasteiger charge is -2.26. The standard InChI is InChI=1S/C23H25N3O5S/c1-16-11-12-19(32(28,29)26-13-7-4-8-14-26)15-20(16)23(27)30-17(2)21-24-25-22(31-21)18-9-5-3-6-10-18/h3,5-6,9-12,15,17H,4,7-8,13-14H2,1-2H3/t17-/m1/s1. The molecule has 0 radical (unpaired) electrons. The molecule has 1 aliphatic heterocycles. The van der Waals surface area contributed by atoms with E-state index in [1.165, 1.54) is 16.4 Å². The van der Waals surface area contributed by atoms with Gasteiger partial charge in [0.15, 0.2) is 6.10 Å². The molecule has 4 rings (SSSR count). The van der Waals surface area contributed by atoms with Crippen LogP contribution >= 0.6 is 0 Å². The minimum Gasteiger partial charge on any atom is -0.449 e. The van der Waals surface area contributed by atoms with Crippen molar-refractivity contribution in [3.05, 3.63) is 65.5 Å². The molecule has 0 spiro atoms. The normalized spacial score (nSPS) is 15.9. The molecule has 0 unspecified atom stereocenters. The maximum Gasteiger partial charge on any atom is 0.339 e. The SMILES string of the molecule is Cc1ccc(S(=O)(=O)N2CCCCC2)cc1C(=O)O[C@H](C)c1nnc(-c2ccccc2)o1. The van der Waals surface area contributed by atoms with Crippen LogP contribution in [0, 0.1) is 6.92 Å². The number of sulfonamides is 1. The number of hydrogen-bond acceptors (Lipinski definition) is 7. The molecule has 0 saturated carbocycles. The predicted octanol–water partition coefficient (Wildman–Crippen LogP) is 4.14. The summed E-state index contributed by atoms with van der Waals surface area (Å²) in [7, 11) is -3.66. The monoisotopic (exact) mass is 455 g/mol. The number of hydrogen-bond donors (Lipinski definition) is 0. The van der Waals surface area contributed by atoms with Crippen molar-refractivity contribution >= 4 is 16.0 Å². The van der Waals surface area contributed by atoms with Crippen molar-refractivity contribution in [2.75, 3.05) is 13.1 Å². The smallest absolute Gasteiger partial charge is 0.339 e. The molecule has 3 aromatic rings. The third-order valence-electron chi connectivity index (χ3n) is 5.47. The molecule has 8 nitrogen and oxygen atoms in total. The van der Waals surface area contributed by atoms with Gasteiger partial charge in [0.2, 0.25) is 15.9 Å². The van der Waals surface area contributed by atoms with Crippen LogP contribution in [0.25, 0.3) is 11.5 Å².